The molecule has 0 spiro atoms. The zero-order chi connectivity index (χ0) is 12.6. The van der Waals surface area contributed by atoms with Crippen LogP contribution in [0.5, 0.6) is 5.75 Å². The van der Waals surface area contributed by atoms with Crippen molar-refractivity contribution in [2.24, 2.45) is 5.73 Å². The minimum Gasteiger partial charge on any atom is -0.507 e. The Morgan fingerprint density at radius 3 is 2.29 bits per heavy atom. The Bertz CT molecular complexity index is 545. The Hall–Kier alpha value is -2.63. The lowest BCUT2D eigenvalue weighted by atomic mass is 10.1. The number of hydrogen-bond acceptors (Lipinski definition) is 4. The van der Waals surface area contributed by atoms with Crippen LogP contribution in [0.15, 0.2) is 30.4 Å². The first-order valence-corrected chi connectivity index (χ1v) is 4.69. The summed E-state index contributed by atoms with van der Waals surface area (Å²) < 4.78 is 0. The summed E-state index contributed by atoms with van der Waals surface area (Å²) in [6.45, 7) is 0. The van der Waals surface area contributed by atoms with Crippen molar-refractivity contribution in [3.05, 3.63) is 35.9 Å². The van der Waals surface area contributed by atoms with Gasteiger partial charge in [-0.25, -0.2) is 4.90 Å². The molecule has 17 heavy (non-hydrogen) atoms. The zero-order valence-corrected chi connectivity index (χ0v) is 8.58. The van der Waals surface area contributed by atoms with E-state index in [2.05, 4.69) is 0 Å². The van der Waals surface area contributed by atoms with Crippen molar-refractivity contribution in [3.8, 4) is 5.75 Å². The molecule has 1 heterocycles. The number of carbonyl (C=O) groups excluding carboxylic acids is 3. The monoisotopic (exact) mass is 232 g/mol. The molecule has 0 radical (unpaired) electrons. The van der Waals surface area contributed by atoms with Gasteiger partial charge in [-0.3, -0.25) is 14.4 Å². The SMILES string of the molecule is NC(=O)c1cc(N2C(=O)C=CC2=O)ccc1O. The highest BCUT2D eigenvalue weighted by Gasteiger charge is 2.26. The number of carbonyl (C=O) groups is 3. The molecule has 0 bridgehead atoms. The molecule has 1 aliphatic rings. The summed E-state index contributed by atoms with van der Waals surface area (Å²) in [5.41, 5.74) is 5.10. The largest absolute Gasteiger partial charge is 0.507 e. The highest BCUT2D eigenvalue weighted by molar-refractivity contribution is 6.28. The Kier molecular flexibility index (Phi) is 2.40. The number of primary amides is 1. The molecule has 1 aromatic rings. The molecule has 0 aromatic heterocycles. The summed E-state index contributed by atoms with van der Waals surface area (Å²) in [5, 5.41) is 9.38. The van der Waals surface area contributed by atoms with Gasteiger partial charge in [0, 0.05) is 12.2 Å². The minimum absolute atomic E-state index is 0.144. The first kappa shape index (κ1) is 10.9. The molecule has 0 fully saturated rings. The number of phenols is 1. The number of amides is 3. The number of hydrogen-bond donors (Lipinski definition) is 2. The number of aromatic hydroxyl groups is 1. The third kappa shape index (κ3) is 1.76. The molecule has 0 atom stereocenters. The highest BCUT2D eigenvalue weighted by Crippen LogP contribution is 2.25. The van der Waals surface area contributed by atoms with Crippen LogP contribution in [0.3, 0.4) is 0 Å². The highest BCUT2D eigenvalue weighted by atomic mass is 16.3. The van der Waals surface area contributed by atoms with E-state index in [1.54, 1.807) is 0 Å². The fourth-order valence-electron chi connectivity index (χ4n) is 1.52. The molecule has 0 aliphatic carbocycles. The number of nitrogens with two attached hydrogens (primary N) is 1. The maximum atomic E-state index is 11.4. The van der Waals surface area contributed by atoms with Crippen LogP contribution in [0.4, 0.5) is 5.69 Å². The Morgan fingerprint density at radius 1 is 1.18 bits per heavy atom. The van der Waals surface area contributed by atoms with E-state index >= 15 is 0 Å². The molecule has 1 aliphatic heterocycles. The molecule has 1 aromatic carbocycles. The third-order valence-corrected chi connectivity index (χ3v) is 2.31. The second-order valence-electron chi connectivity index (χ2n) is 3.41. The first-order chi connectivity index (χ1) is 8.00. The number of nitrogens with zero attached hydrogens (tertiary/aromatic N) is 1. The fraction of sp³-hybridized carbons (Fsp3) is 0. The standard InChI is InChI=1S/C11H8N2O4/c12-11(17)7-5-6(1-2-8(7)14)13-9(15)3-4-10(13)16/h1-5,14H,(H2,12,17). The van der Waals surface area contributed by atoms with Gasteiger partial charge >= 0.3 is 0 Å². The van der Waals surface area contributed by atoms with Gasteiger partial charge in [0.2, 0.25) is 0 Å². The van der Waals surface area contributed by atoms with Crippen LogP contribution >= 0.6 is 0 Å². The van der Waals surface area contributed by atoms with E-state index in [1.165, 1.54) is 18.2 Å². The lowest BCUT2D eigenvalue weighted by Gasteiger charge is -2.14. The van der Waals surface area contributed by atoms with Gasteiger partial charge < -0.3 is 10.8 Å². The van der Waals surface area contributed by atoms with E-state index in [9.17, 15) is 19.5 Å². The van der Waals surface area contributed by atoms with Crippen molar-refractivity contribution in [2.75, 3.05) is 4.90 Å². The molecule has 2 rings (SSSR count). The van der Waals surface area contributed by atoms with E-state index in [0.717, 1.165) is 17.1 Å². The molecule has 0 unspecified atom stereocenters. The van der Waals surface area contributed by atoms with Gasteiger partial charge in [0.15, 0.2) is 0 Å². The third-order valence-electron chi connectivity index (χ3n) is 2.31. The summed E-state index contributed by atoms with van der Waals surface area (Å²) >= 11 is 0. The van der Waals surface area contributed by atoms with Crippen LogP contribution in [0.2, 0.25) is 0 Å². The second kappa shape index (κ2) is 3.75. The second-order valence-corrected chi connectivity index (χ2v) is 3.41. The lowest BCUT2D eigenvalue weighted by Crippen LogP contribution is -2.29. The average Bonchev–Trinajstić information content (AvgIpc) is 2.59. The first-order valence-electron chi connectivity index (χ1n) is 4.69. The molecule has 6 heteroatoms. The summed E-state index contributed by atoms with van der Waals surface area (Å²) in [4.78, 5) is 34.7. The van der Waals surface area contributed by atoms with Gasteiger partial charge in [0.1, 0.15) is 5.75 Å². The number of benzene rings is 1. The molecule has 0 saturated heterocycles. The van der Waals surface area contributed by atoms with Crippen molar-refractivity contribution in [3.63, 3.8) is 0 Å². The van der Waals surface area contributed by atoms with Crippen molar-refractivity contribution in [1.82, 2.24) is 0 Å². The maximum absolute atomic E-state index is 11.4. The smallest absolute Gasteiger partial charge is 0.258 e. The molecular formula is C11H8N2O4. The van der Waals surface area contributed by atoms with E-state index in [0.29, 0.717) is 0 Å². The van der Waals surface area contributed by atoms with Gasteiger partial charge in [-0.2, -0.15) is 0 Å². The van der Waals surface area contributed by atoms with Gasteiger partial charge in [-0.1, -0.05) is 0 Å². The quantitative estimate of drug-likeness (QED) is 0.696. The van der Waals surface area contributed by atoms with Crippen LogP contribution in [-0.4, -0.2) is 22.8 Å². The predicted molar refractivity (Wildman–Crippen MR) is 58.3 cm³/mol. The molecule has 0 saturated carbocycles. The van der Waals surface area contributed by atoms with Gasteiger partial charge in [0.25, 0.3) is 17.7 Å². The Labute approximate surface area is 95.9 Å². The van der Waals surface area contributed by atoms with E-state index in [1.807, 2.05) is 0 Å². The van der Waals surface area contributed by atoms with Crippen LogP contribution in [0.1, 0.15) is 10.4 Å². The van der Waals surface area contributed by atoms with Crippen molar-refractivity contribution >= 4 is 23.4 Å². The summed E-state index contributed by atoms with van der Waals surface area (Å²) in [7, 11) is 0. The normalized spacial score (nSPS) is 14.5. The summed E-state index contributed by atoms with van der Waals surface area (Å²) in [6.07, 6.45) is 2.25. The summed E-state index contributed by atoms with van der Waals surface area (Å²) in [6, 6.07) is 3.75. The fourth-order valence-corrected chi connectivity index (χ4v) is 1.52. The molecule has 3 N–H and O–H groups in total. The molecule has 6 nitrogen and oxygen atoms in total. The summed E-state index contributed by atoms with van der Waals surface area (Å²) in [5.74, 6) is -2.14. The number of anilines is 1. The predicted octanol–water partition coefficient (Wildman–Crippen LogP) is -0.0795. The van der Waals surface area contributed by atoms with E-state index in [4.69, 9.17) is 5.73 Å². The number of rotatable bonds is 2. The van der Waals surface area contributed by atoms with Gasteiger partial charge in [-0.05, 0) is 18.2 Å². The van der Waals surface area contributed by atoms with E-state index < -0.39 is 17.7 Å². The average molecular weight is 232 g/mol. The minimum atomic E-state index is -0.837. The van der Waals surface area contributed by atoms with Crippen molar-refractivity contribution in [1.29, 1.82) is 0 Å². The van der Waals surface area contributed by atoms with Gasteiger partial charge in [-0.15, -0.1) is 0 Å². The molecular weight excluding hydrogens is 224 g/mol. The molecule has 3 amide bonds. The van der Waals surface area contributed by atoms with Crippen LogP contribution < -0.4 is 10.6 Å². The van der Waals surface area contributed by atoms with E-state index in [-0.39, 0.29) is 17.0 Å². The van der Waals surface area contributed by atoms with Gasteiger partial charge in [0.05, 0.1) is 11.3 Å². The number of imide groups is 1. The van der Waals surface area contributed by atoms with Crippen LogP contribution in [0.25, 0.3) is 0 Å². The Morgan fingerprint density at radius 2 is 1.76 bits per heavy atom. The molecule has 86 valence electrons. The Balaban J connectivity index is 2.47. The van der Waals surface area contributed by atoms with Crippen LogP contribution in [0, 0.1) is 0 Å². The van der Waals surface area contributed by atoms with Crippen LogP contribution in [-0.2, 0) is 9.59 Å². The zero-order valence-electron chi connectivity index (χ0n) is 8.58. The van der Waals surface area contributed by atoms with Crippen molar-refractivity contribution in [2.45, 2.75) is 0 Å². The topological polar surface area (TPSA) is 101 Å². The maximum Gasteiger partial charge on any atom is 0.258 e. The van der Waals surface area contributed by atoms with Crippen molar-refractivity contribution < 1.29 is 19.5 Å². The lowest BCUT2D eigenvalue weighted by molar-refractivity contribution is -0.119.